The van der Waals surface area contributed by atoms with Crippen molar-refractivity contribution in [2.45, 2.75) is 44.3 Å². The number of amides is 2. The third-order valence-electron chi connectivity index (χ3n) is 5.58. The highest BCUT2D eigenvalue weighted by molar-refractivity contribution is 5.87. The molecule has 0 bridgehead atoms. The highest BCUT2D eigenvalue weighted by Gasteiger charge is 2.50. The van der Waals surface area contributed by atoms with Gasteiger partial charge < -0.3 is 14.9 Å². The summed E-state index contributed by atoms with van der Waals surface area (Å²) < 4.78 is 31.7. The number of carbonyl (C=O) groups is 3. The number of halogens is 3. The number of nitrogens with zero attached hydrogens (tertiary/aromatic N) is 3. The summed E-state index contributed by atoms with van der Waals surface area (Å²) in [5.74, 6) is -1.58. The van der Waals surface area contributed by atoms with Gasteiger partial charge in [-0.3, -0.25) is 14.5 Å². The Balaban J connectivity index is 0.000000321. The van der Waals surface area contributed by atoms with Crippen molar-refractivity contribution in [2.24, 2.45) is 5.92 Å². The van der Waals surface area contributed by atoms with E-state index in [1.54, 1.807) is 6.92 Å². The fourth-order valence-electron chi connectivity index (χ4n) is 3.62. The van der Waals surface area contributed by atoms with Crippen LogP contribution in [0.5, 0.6) is 0 Å². The lowest BCUT2D eigenvalue weighted by Crippen LogP contribution is -2.68. The minimum absolute atomic E-state index is 0.126. The molecule has 2 amide bonds. The molecule has 3 aliphatic rings. The van der Waals surface area contributed by atoms with E-state index < -0.39 is 12.1 Å². The Morgan fingerprint density at radius 2 is 1.67 bits per heavy atom. The van der Waals surface area contributed by atoms with Crippen LogP contribution in [0.3, 0.4) is 0 Å². The van der Waals surface area contributed by atoms with Gasteiger partial charge in [-0.05, 0) is 38.6 Å². The van der Waals surface area contributed by atoms with Crippen LogP contribution in [0.1, 0.15) is 32.6 Å². The van der Waals surface area contributed by atoms with E-state index in [-0.39, 0.29) is 11.4 Å². The molecule has 1 spiro atoms. The molecule has 3 rings (SSSR count). The molecule has 2 aliphatic heterocycles. The fourth-order valence-corrected chi connectivity index (χ4v) is 3.62. The predicted molar refractivity (Wildman–Crippen MR) is 89.8 cm³/mol. The number of rotatable bonds is 2. The van der Waals surface area contributed by atoms with Crippen molar-refractivity contribution < 1.29 is 32.7 Å². The van der Waals surface area contributed by atoms with Crippen molar-refractivity contribution in [2.75, 3.05) is 39.8 Å². The highest BCUT2D eigenvalue weighted by atomic mass is 19.4. The predicted octanol–water partition coefficient (Wildman–Crippen LogP) is 1.18. The van der Waals surface area contributed by atoms with E-state index in [2.05, 4.69) is 16.8 Å². The number of likely N-dealkylation sites (N-methyl/N-ethyl adjacent to an activating group) is 1. The van der Waals surface area contributed by atoms with Crippen LogP contribution >= 0.6 is 0 Å². The number of carboxylic acids is 1. The Labute approximate surface area is 156 Å². The van der Waals surface area contributed by atoms with Crippen LogP contribution in [-0.4, -0.2) is 89.1 Å². The molecular weight excluding hydrogens is 367 g/mol. The molecule has 2 heterocycles. The zero-order chi connectivity index (χ0) is 20.4. The van der Waals surface area contributed by atoms with Gasteiger partial charge in [0.05, 0.1) is 0 Å². The Kier molecular flexibility index (Phi) is 6.39. The molecule has 0 aromatic heterocycles. The molecule has 1 saturated carbocycles. The molecular formula is C17H26F3N3O4. The van der Waals surface area contributed by atoms with Crippen molar-refractivity contribution in [3.05, 3.63) is 0 Å². The number of piperazine rings is 1. The zero-order valence-corrected chi connectivity index (χ0v) is 15.6. The lowest BCUT2D eigenvalue weighted by Gasteiger charge is -2.51. The Hall–Kier alpha value is -1.84. The second kappa shape index (κ2) is 8.04. The molecule has 27 heavy (non-hydrogen) atoms. The minimum Gasteiger partial charge on any atom is -0.475 e. The van der Waals surface area contributed by atoms with Gasteiger partial charge in [-0.15, -0.1) is 0 Å². The summed E-state index contributed by atoms with van der Waals surface area (Å²) in [7, 11) is 2.07. The second-order valence-corrected chi connectivity index (χ2v) is 7.46. The van der Waals surface area contributed by atoms with Gasteiger partial charge in [0.15, 0.2) is 0 Å². The number of hydrogen-bond donors (Lipinski definition) is 1. The molecule has 0 unspecified atom stereocenters. The summed E-state index contributed by atoms with van der Waals surface area (Å²) in [6.45, 7) is 5.81. The molecule has 154 valence electrons. The van der Waals surface area contributed by atoms with Crippen LogP contribution in [0.15, 0.2) is 0 Å². The molecule has 7 nitrogen and oxygen atoms in total. The first-order valence-electron chi connectivity index (χ1n) is 9.03. The zero-order valence-electron chi connectivity index (χ0n) is 15.6. The van der Waals surface area contributed by atoms with Crippen molar-refractivity contribution >= 4 is 17.8 Å². The summed E-state index contributed by atoms with van der Waals surface area (Å²) in [4.78, 5) is 39.5. The van der Waals surface area contributed by atoms with Crippen molar-refractivity contribution in [3.63, 3.8) is 0 Å². The SMILES string of the molecule is CC(=O)N1CCC2(CC1)C(=O)N(CC1CC1)CCN2C.O=C(O)C(F)(F)F. The molecule has 0 atom stereocenters. The van der Waals surface area contributed by atoms with Gasteiger partial charge in [0.2, 0.25) is 11.8 Å². The van der Waals surface area contributed by atoms with E-state index in [9.17, 15) is 22.8 Å². The number of alkyl halides is 3. The van der Waals surface area contributed by atoms with Crippen LogP contribution in [0, 0.1) is 5.92 Å². The van der Waals surface area contributed by atoms with Crippen molar-refractivity contribution in [1.82, 2.24) is 14.7 Å². The molecule has 2 saturated heterocycles. The maximum atomic E-state index is 12.9. The van der Waals surface area contributed by atoms with Crippen LogP contribution in [-0.2, 0) is 14.4 Å². The standard InChI is InChI=1S/C15H25N3O2.C2HF3O2/c1-12(19)17-7-5-15(6-8-17)14(20)18(10-9-16(15)2)11-13-3-4-13;3-2(4,5)1(6)7/h13H,3-11H2,1-2H3;(H,6,7). The average Bonchev–Trinajstić information content (AvgIpc) is 3.40. The summed E-state index contributed by atoms with van der Waals surface area (Å²) in [5, 5.41) is 7.12. The number of carboxylic acid groups (broad SMARTS) is 1. The smallest absolute Gasteiger partial charge is 0.475 e. The number of piperidine rings is 1. The number of likely N-dealkylation sites (tertiary alicyclic amines) is 1. The third-order valence-corrected chi connectivity index (χ3v) is 5.58. The van der Waals surface area contributed by atoms with Gasteiger partial charge in [0.25, 0.3) is 0 Å². The second-order valence-electron chi connectivity index (χ2n) is 7.46. The van der Waals surface area contributed by atoms with Gasteiger partial charge in [-0.2, -0.15) is 13.2 Å². The maximum absolute atomic E-state index is 12.9. The Morgan fingerprint density at radius 1 is 1.15 bits per heavy atom. The lowest BCUT2D eigenvalue weighted by molar-refractivity contribution is -0.192. The topological polar surface area (TPSA) is 81.2 Å². The van der Waals surface area contributed by atoms with Crippen LogP contribution in [0.25, 0.3) is 0 Å². The van der Waals surface area contributed by atoms with E-state index in [0.29, 0.717) is 19.0 Å². The van der Waals surface area contributed by atoms with E-state index in [1.165, 1.54) is 12.8 Å². The largest absolute Gasteiger partial charge is 0.490 e. The monoisotopic (exact) mass is 393 g/mol. The molecule has 0 aromatic rings. The Morgan fingerprint density at radius 3 is 2.07 bits per heavy atom. The summed E-state index contributed by atoms with van der Waals surface area (Å²) in [6.07, 6.45) is -0.957. The number of hydrogen-bond acceptors (Lipinski definition) is 4. The van der Waals surface area contributed by atoms with Gasteiger partial charge in [-0.1, -0.05) is 0 Å². The summed E-state index contributed by atoms with van der Waals surface area (Å²) in [5.41, 5.74) is -0.348. The maximum Gasteiger partial charge on any atom is 0.490 e. The van der Waals surface area contributed by atoms with E-state index in [4.69, 9.17) is 9.90 Å². The quantitative estimate of drug-likeness (QED) is 0.762. The Bertz CT molecular complexity index is 584. The molecule has 0 aromatic carbocycles. The van der Waals surface area contributed by atoms with Crippen molar-refractivity contribution in [3.8, 4) is 0 Å². The van der Waals surface area contributed by atoms with E-state index >= 15 is 0 Å². The first-order chi connectivity index (χ1) is 12.5. The van der Waals surface area contributed by atoms with Gasteiger partial charge in [-0.25, -0.2) is 4.79 Å². The van der Waals surface area contributed by atoms with E-state index in [1.807, 2.05) is 4.90 Å². The number of aliphatic carboxylic acids is 1. The first-order valence-corrected chi connectivity index (χ1v) is 9.03. The van der Waals surface area contributed by atoms with Crippen LogP contribution < -0.4 is 0 Å². The van der Waals surface area contributed by atoms with E-state index in [0.717, 1.165) is 38.4 Å². The minimum atomic E-state index is -5.08. The lowest BCUT2D eigenvalue weighted by atomic mass is 9.82. The fraction of sp³-hybridized carbons (Fsp3) is 0.824. The highest BCUT2D eigenvalue weighted by Crippen LogP contribution is 2.36. The normalized spacial score (nSPS) is 23.1. The molecule has 1 aliphatic carbocycles. The van der Waals surface area contributed by atoms with Gasteiger partial charge >= 0.3 is 12.1 Å². The number of carbonyl (C=O) groups excluding carboxylic acids is 2. The third kappa shape index (κ3) is 5.12. The van der Waals surface area contributed by atoms with Gasteiger partial charge in [0, 0.05) is 39.6 Å². The molecule has 10 heteroatoms. The van der Waals surface area contributed by atoms with Crippen LogP contribution in [0.2, 0.25) is 0 Å². The van der Waals surface area contributed by atoms with Crippen molar-refractivity contribution in [1.29, 1.82) is 0 Å². The first kappa shape index (κ1) is 21.5. The van der Waals surface area contributed by atoms with Gasteiger partial charge in [0.1, 0.15) is 5.54 Å². The van der Waals surface area contributed by atoms with Crippen LogP contribution in [0.4, 0.5) is 13.2 Å². The molecule has 0 radical (unpaired) electrons. The summed E-state index contributed by atoms with van der Waals surface area (Å²) >= 11 is 0. The molecule has 1 N–H and O–H groups in total. The average molecular weight is 393 g/mol. The molecule has 3 fully saturated rings. The summed E-state index contributed by atoms with van der Waals surface area (Å²) in [6, 6.07) is 0.